The van der Waals surface area contributed by atoms with Crippen molar-refractivity contribution in [2.45, 2.75) is 0 Å². The van der Waals surface area contributed by atoms with E-state index in [1.807, 2.05) is 78.9 Å². The van der Waals surface area contributed by atoms with E-state index < -0.39 is 0 Å². The van der Waals surface area contributed by atoms with Gasteiger partial charge in [-0.15, -0.1) is 0 Å². The zero-order valence-electron chi connectivity index (χ0n) is 14.6. The second-order valence-electron chi connectivity index (χ2n) is 5.70. The largest absolute Gasteiger partial charge is 0.496 e. The quantitative estimate of drug-likeness (QED) is 0.653. The van der Waals surface area contributed by atoms with Gasteiger partial charge >= 0.3 is 0 Å². The number of nitrogens with one attached hydrogen (secondary N) is 1. The summed E-state index contributed by atoms with van der Waals surface area (Å²) in [5.41, 5.74) is 2.62. The second-order valence-corrected chi connectivity index (χ2v) is 5.70. The fourth-order valence-corrected chi connectivity index (χ4v) is 2.64. The molecule has 4 nitrogen and oxygen atoms in total. The highest BCUT2D eigenvalue weighted by molar-refractivity contribution is 5.94. The van der Waals surface area contributed by atoms with Crippen LogP contribution in [0.25, 0.3) is 11.1 Å². The third-order valence-electron chi connectivity index (χ3n) is 3.96. The zero-order chi connectivity index (χ0) is 18.2. The van der Waals surface area contributed by atoms with E-state index in [1.54, 1.807) is 7.11 Å². The van der Waals surface area contributed by atoms with Crippen molar-refractivity contribution >= 4 is 5.91 Å². The van der Waals surface area contributed by atoms with Crippen LogP contribution in [-0.2, 0) is 0 Å². The van der Waals surface area contributed by atoms with Crippen LogP contribution in [-0.4, -0.2) is 26.2 Å². The molecule has 3 aromatic carbocycles. The summed E-state index contributed by atoms with van der Waals surface area (Å²) in [7, 11) is 1.65. The van der Waals surface area contributed by atoms with Crippen LogP contribution in [0.2, 0.25) is 0 Å². The average molecular weight is 347 g/mol. The van der Waals surface area contributed by atoms with E-state index in [-0.39, 0.29) is 5.91 Å². The van der Waals surface area contributed by atoms with E-state index in [0.29, 0.717) is 18.7 Å². The van der Waals surface area contributed by atoms with Gasteiger partial charge in [-0.3, -0.25) is 4.79 Å². The lowest BCUT2D eigenvalue weighted by molar-refractivity contribution is 0.0947. The van der Waals surface area contributed by atoms with Crippen molar-refractivity contribution in [1.82, 2.24) is 5.32 Å². The molecule has 0 aliphatic carbocycles. The normalized spacial score (nSPS) is 10.2. The zero-order valence-corrected chi connectivity index (χ0v) is 14.6. The number of methoxy groups -OCH3 is 1. The number of hydrogen-bond donors (Lipinski definition) is 1. The highest BCUT2D eigenvalue weighted by Crippen LogP contribution is 2.29. The maximum absolute atomic E-state index is 12.2. The Morgan fingerprint density at radius 1 is 0.885 bits per heavy atom. The van der Waals surface area contributed by atoms with Gasteiger partial charge in [-0.1, -0.05) is 48.5 Å². The average Bonchev–Trinajstić information content (AvgIpc) is 2.72. The number of benzene rings is 3. The van der Waals surface area contributed by atoms with Crippen LogP contribution in [0, 0.1) is 0 Å². The van der Waals surface area contributed by atoms with Crippen LogP contribution in [0.1, 0.15) is 10.4 Å². The first-order valence-corrected chi connectivity index (χ1v) is 8.47. The smallest absolute Gasteiger partial charge is 0.251 e. The van der Waals surface area contributed by atoms with E-state index in [0.717, 1.165) is 22.6 Å². The Kier molecular flexibility index (Phi) is 5.88. The first kappa shape index (κ1) is 17.5. The molecule has 0 aliphatic rings. The Bertz CT molecular complexity index is 845. The number of ether oxygens (including phenoxy) is 2. The summed E-state index contributed by atoms with van der Waals surface area (Å²) in [6.07, 6.45) is 0. The van der Waals surface area contributed by atoms with Crippen molar-refractivity contribution in [2.75, 3.05) is 20.3 Å². The lowest BCUT2D eigenvalue weighted by Crippen LogP contribution is -2.28. The maximum atomic E-state index is 12.2. The first-order chi connectivity index (χ1) is 12.8. The molecule has 0 heterocycles. The minimum atomic E-state index is -0.117. The van der Waals surface area contributed by atoms with Gasteiger partial charge in [0.15, 0.2) is 0 Å². The van der Waals surface area contributed by atoms with Gasteiger partial charge in [-0.2, -0.15) is 0 Å². The standard InChI is InChI=1S/C22H21NO3/c1-25-21-10-6-5-9-20(21)17-11-13-18(14-12-17)22(24)23-15-16-26-19-7-3-2-4-8-19/h2-14H,15-16H2,1H3,(H,23,24). The molecule has 0 radical (unpaired) electrons. The summed E-state index contributed by atoms with van der Waals surface area (Å²) in [6.45, 7) is 0.872. The van der Waals surface area contributed by atoms with Crippen LogP contribution >= 0.6 is 0 Å². The highest BCUT2D eigenvalue weighted by atomic mass is 16.5. The van der Waals surface area contributed by atoms with Crippen LogP contribution in [0.15, 0.2) is 78.9 Å². The Morgan fingerprint density at radius 3 is 2.31 bits per heavy atom. The number of carbonyl (C=O) groups is 1. The van der Waals surface area contributed by atoms with Gasteiger partial charge in [0, 0.05) is 11.1 Å². The van der Waals surface area contributed by atoms with Crippen LogP contribution in [0.5, 0.6) is 11.5 Å². The van der Waals surface area contributed by atoms with Gasteiger partial charge in [0.25, 0.3) is 5.91 Å². The maximum Gasteiger partial charge on any atom is 0.251 e. The van der Waals surface area contributed by atoms with Crippen LogP contribution in [0.3, 0.4) is 0 Å². The predicted octanol–water partition coefficient (Wildman–Crippen LogP) is 4.17. The van der Waals surface area contributed by atoms with Crippen LogP contribution in [0.4, 0.5) is 0 Å². The number of rotatable bonds is 7. The summed E-state index contributed by atoms with van der Waals surface area (Å²) in [4.78, 5) is 12.2. The van der Waals surface area contributed by atoms with E-state index in [2.05, 4.69) is 5.32 Å². The van der Waals surface area contributed by atoms with Crippen molar-refractivity contribution in [3.8, 4) is 22.6 Å². The van der Waals surface area contributed by atoms with Crippen LogP contribution < -0.4 is 14.8 Å². The molecule has 1 N–H and O–H groups in total. The summed E-state index contributed by atoms with van der Waals surface area (Å²) in [6, 6.07) is 24.8. The Hall–Kier alpha value is -3.27. The molecule has 132 valence electrons. The van der Waals surface area contributed by atoms with E-state index in [9.17, 15) is 4.79 Å². The number of para-hydroxylation sites is 2. The SMILES string of the molecule is COc1ccccc1-c1ccc(C(=O)NCCOc2ccccc2)cc1. The fourth-order valence-electron chi connectivity index (χ4n) is 2.64. The van der Waals surface area contributed by atoms with E-state index in [1.165, 1.54) is 0 Å². The summed E-state index contributed by atoms with van der Waals surface area (Å²) in [5.74, 6) is 1.49. The second kappa shape index (κ2) is 8.72. The highest BCUT2D eigenvalue weighted by Gasteiger charge is 2.08. The molecule has 0 atom stereocenters. The molecular formula is C22H21NO3. The fraction of sp³-hybridized carbons (Fsp3) is 0.136. The van der Waals surface area contributed by atoms with Gasteiger partial charge in [-0.05, 0) is 35.9 Å². The van der Waals surface area contributed by atoms with Gasteiger partial charge in [0.2, 0.25) is 0 Å². The Balaban J connectivity index is 1.55. The molecule has 0 aliphatic heterocycles. The minimum Gasteiger partial charge on any atom is -0.496 e. The summed E-state index contributed by atoms with van der Waals surface area (Å²) in [5, 5.41) is 2.86. The molecule has 0 fully saturated rings. The van der Waals surface area contributed by atoms with Crippen molar-refractivity contribution in [1.29, 1.82) is 0 Å². The first-order valence-electron chi connectivity index (χ1n) is 8.47. The molecule has 0 saturated carbocycles. The molecule has 0 saturated heterocycles. The third-order valence-corrected chi connectivity index (χ3v) is 3.96. The number of amides is 1. The van der Waals surface area contributed by atoms with Crippen molar-refractivity contribution in [2.24, 2.45) is 0 Å². The van der Waals surface area contributed by atoms with Gasteiger partial charge < -0.3 is 14.8 Å². The van der Waals surface area contributed by atoms with Crippen molar-refractivity contribution in [3.63, 3.8) is 0 Å². The molecular weight excluding hydrogens is 326 g/mol. The van der Waals surface area contributed by atoms with Crippen molar-refractivity contribution < 1.29 is 14.3 Å². The Labute approximate surface area is 153 Å². The summed E-state index contributed by atoms with van der Waals surface area (Å²) >= 11 is 0. The molecule has 3 aromatic rings. The molecule has 0 spiro atoms. The molecule has 3 rings (SSSR count). The number of carbonyl (C=O) groups excluding carboxylic acids is 1. The molecule has 4 heteroatoms. The van der Waals surface area contributed by atoms with Gasteiger partial charge in [0.1, 0.15) is 18.1 Å². The lowest BCUT2D eigenvalue weighted by Gasteiger charge is -2.10. The van der Waals surface area contributed by atoms with Gasteiger partial charge in [-0.25, -0.2) is 0 Å². The Morgan fingerprint density at radius 2 is 1.58 bits per heavy atom. The molecule has 1 amide bonds. The molecule has 26 heavy (non-hydrogen) atoms. The minimum absolute atomic E-state index is 0.117. The molecule has 0 aromatic heterocycles. The summed E-state index contributed by atoms with van der Waals surface area (Å²) < 4.78 is 11.0. The molecule has 0 bridgehead atoms. The van der Waals surface area contributed by atoms with Crippen molar-refractivity contribution in [3.05, 3.63) is 84.4 Å². The van der Waals surface area contributed by atoms with E-state index in [4.69, 9.17) is 9.47 Å². The van der Waals surface area contributed by atoms with E-state index >= 15 is 0 Å². The predicted molar refractivity (Wildman–Crippen MR) is 103 cm³/mol. The topological polar surface area (TPSA) is 47.6 Å². The van der Waals surface area contributed by atoms with Gasteiger partial charge in [0.05, 0.1) is 13.7 Å². The molecule has 0 unspecified atom stereocenters. The monoisotopic (exact) mass is 347 g/mol. The third kappa shape index (κ3) is 4.42. The lowest BCUT2D eigenvalue weighted by atomic mass is 10.0. The number of hydrogen-bond acceptors (Lipinski definition) is 3.